The van der Waals surface area contributed by atoms with Crippen molar-refractivity contribution in [1.82, 2.24) is 4.98 Å². The molecule has 100 valence electrons. The van der Waals surface area contributed by atoms with Crippen LogP contribution in [0.1, 0.15) is 16.1 Å². The molecule has 1 aromatic heterocycles. The van der Waals surface area contributed by atoms with Crippen LogP contribution in [0.4, 0.5) is 17.6 Å². The summed E-state index contributed by atoms with van der Waals surface area (Å²) in [5.41, 5.74) is -0.588. The molecule has 0 saturated heterocycles. The number of aromatic nitrogens is 1. The maximum absolute atomic E-state index is 12.6. The third-order valence-corrected chi connectivity index (χ3v) is 2.91. The Kier molecular flexibility index (Phi) is 4.71. The topological polar surface area (TPSA) is 48.4 Å². The Balaban J connectivity index is 3.27. The summed E-state index contributed by atoms with van der Waals surface area (Å²) in [5, 5.41) is 0. The highest BCUT2D eigenvalue weighted by atomic mass is 127. The minimum absolute atomic E-state index is 0.134. The van der Waals surface area contributed by atoms with Crippen molar-refractivity contribution < 1.29 is 31.8 Å². The molecule has 9 heteroatoms. The van der Waals surface area contributed by atoms with Crippen molar-refractivity contribution in [1.29, 1.82) is 0 Å². The number of esters is 1. The Morgan fingerprint density at radius 1 is 1.50 bits per heavy atom. The second-order valence-electron chi connectivity index (χ2n) is 2.96. The first-order valence-corrected chi connectivity index (χ1v) is 5.45. The number of carbonyl (C=O) groups excluding carboxylic acids is 1. The molecular weight excluding hydrogens is 373 g/mol. The van der Waals surface area contributed by atoms with Crippen LogP contribution in [0.25, 0.3) is 0 Å². The van der Waals surface area contributed by atoms with Crippen molar-refractivity contribution >= 4 is 28.6 Å². The van der Waals surface area contributed by atoms with E-state index in [4.69, 9.17) is 0 Å². The molecule has 0 saturated carbocycles. The highest BCUT2D eigenvalue weighted by Gasteiger charge is 2.33. The van der Waals surface area contributed by atoms with E-state index >= 15 is 0 Å². The number of ether oxygens (including phenoxy) is 2. The van der Waals surface area contributed by atoms with Crippen molar-refractivity contribution in [2.24, 2.45) is 0 Å². The SMILES string of the molecule is COC(=O)c1cc(CF)c(I)c(OC(F)(F)F)n1. The Labute approximate surface area is 112 Å². The standard InChI is InChI=1S/C9H6F4INO3/c1-17-8(16)5-2-4(3-10)6(14)7(15-5)18-9(11,12)13/h2H,3H2,1H3. The first-order valence-electron chi connectivity index (χ1n) is 4.38. The van der Waals surface area contributed by atoms with E-state index < -0.39 is 30.6 Å². The van der Waals surface area contributed by atoms with Crippen LogP contribution in [0.2, 0.25) is 0 Å². The normalized spacial score (nSPS) is 11.2. The number of methoxy groups -OCH3 is 1. The fourth-order valence-corrected chi connectivity index (χ4v) is 1.57. The summed E-state index contributed by atoms with van der Waals surface area (Å²) in [6.45, 7) is -1.06. The zero-order valence-electron chi connectivity index (χ0n) is 8.85. The summed E-state index contributed by atoms with van der Waals surface area (Å²) >= 11 is 1.45. The molecule has 1 aromatic rings. The van der Waals surface area contributed by atoms with E-state index in [9.17, 15) is 22.4 Å². The lowest BCUT2D eigenvalue weighted by molar-refractivity contribution is -0.276. The van der Waals surface area contributed by atoms with Crippen molar-refractivity contribution in [3.8, 4) is 5.88 Å². The van der Waals surface area contributed by atoms with Gasteiger partial charge in [0, 0.05) is 5.56 Å². The summed E-state index contributed by atoms with van der Waals surface area (Å²) in [4.78, 5) is 14.5. The summed E-state index contributed by atoms with van der Waals surface area (Å²) in [6, 6.07) is 1.01. The molecule has 0 amide bonds. The van der Waals surface area contributed by atoms with Gasteiger partial charge in [-0.25, -0.2) is 14.2 Å². The lowest BCUT2D eigenvalue weighted by atomic mass is 10.2. The molecular formula is C9H6F4INO3. The predicted octanol–water partition coefficient (Wildman–Crippen LogP) is 2.84. The van der Waals surface area contributed by atoms with Crippen LogP contribution in [-0.4, -0.2) is 24.4 Å². The van der Waals surface area contributed by atoms with E-state index in [0.29, 0.717) is 0 Å². The number of halogens is 5. The fraction of sp³-hybridized carbons (Fsp3) is 0.333. The smallest absolute Gasteiger partial charge is 0.464 e. The largest absolute Gasteiger partial charge is 0.574 e. The molecule has 0 N–H and O–H groups in total. The molecule has 0 aliphatic carbocycles. The lowest BCUT2D eigenvalue weighted by Gasteiger charge is -2.12. The Bertz CT molecular complexity index is 464. The van der Waals surface area contributed by atoms with E-state index in [1.54, 1.807) is 0 Å². The van der Waals surface area contributed by atoms with Gasteiger partial charge in [0.15, 0.2) is 5.69 Å². The van der Waals surface area contributed by atoms with Crippen molar-refractivity contribution in [3.05, 3.63) is 20.9 Å². The molecule has 1 rings (SSSR count). The van der Waals surface area contributed by atoms with Gasteiger partial charge in [-0.15, -0.1) is 13.2 Å². The van der Waals surface area contributed by atoms with Crippen LogP contribution in [-0.2, 0) is 11.4 Å². The number of alkyl halides is 4. The average molecular weight is 379 g/mol. The quantitative estimate of drug-likeness (QED) is 0.461. The molecule has 1 heterocycles. The number of rotatable bonds is 3. The maximum atomic E-state index is 12.6. The van der Waals surface area contributed by atoms with Gasteiger partial charge in [0.05, 0.1) is 10.7 Å². The third kappa shape index (κ3) is 3.68. The molecule has 0 radical (unpaired) electrons. The summed E-state index contributed by atoms with van der Waals surface area (Å²) < 4.78 is 56.7. The van der Waals surface area contributed by atoms with Gasteiger partial charge < -0.3 is 9.47 Å². The first kappa shape index (κ1) is 14.9. The highest BCUT2D eigenvalue weighted by molar-refractivity contribution is 14.1. The fourth-order valence-electron chi connectivity index (χ4n) is 1.04. The third-order valence-electron chi connectivity index (χ3n) is 1.75. The second-order valence-corrected chi connectivity index (χ2v) is 4.04. The number of pyridine rings is 1. The van der Waals surface area contributed by atoms with E-state index in [0.717, 1.165) is 13.2 Å². The minimum atomic E-state index is -4.98. The van der Waals surface area contributed by atoms with Gasteiger partial charge >= 0.3 is 12.3 Å². The highest BCUT2D eigenvalue weighted by Crippen LogP contribution is 2.29. The molecule has 0 aliphatic heterocycles. The average Bonchev–Trinajstić information content (AvgIpc) is 2.29. The molecule has 4 nitrogen and oxygen atoms in total. The van der Waals surface area contributed by atoms with Crippen molar-refractivity contribution in [2.45, 2.75) is 13.0 Å². The van der Waals surface area contributed by atoms with Crippen molar-refractivity contribution in [3.63, 3.8) is 0 Å². The van der Waals surface area contributed by atoms with Gasteiger partial charge in [0.2, 0.25) is 5.88 Å². The molecule has 0 atom stereocenters. The molecule has 0 aliphatic rings. The van der Waals surface area contributed by atoms with Crippen molar-refractivity contribution in [2.75, 3.05) is 7.11 Å². The van der Waals surface area contributed by atoms with Gasteiger partial charge in [0.1, 0.15) is 6.67 Å². The second kappa shape index (κ2) is 5.67. The first-order chi connectivity index (χ1) is 8.28. The summed E-state index contributed by atoms with van der Waals surface area (Å²) in [7, 11) is 1.03. The summed E-state index contributed by atoms with van der Waals surface area (Å²) in [5.74, 6) is -1.85. The van der Waals surface area contributed by atoms with E-state index in [1.165, 1.54) is 22.6 Å². The van der Waals surface area contributed by atoms with Gasteiger partial charge in [0.25, 0.3) is 0 Å². The van der Waals surface area contributed by atoms with Gasteiger partial charge in [-0.3, -0.25) is 0 Å². The molecule has 0 spiro atoms. The zero-order valence-corrected chi connectivity index (χ0v) is 11.0. The minimum Gasteiger partial charge on any atom is -0.464 e. The maximum Gasteiger partial charge on any atom is 0.574 e. The van der Waals surface area contributed by atoms with Crippen LogP contribution in [0.5, 0.6) is 5.88 Å². The van der Waals surface area contributed by atoms with Crippen LogP contribution in [0.3, 0.4) is 0 Å². The Morgan fingerprint density at radius 3 is 2.56 bits per heavy atom. The lowest BCUT2D eigenvalue weighted by Crippen LogP contribution is -2.20. The van der Waals surface area contributed by atoms with Crippen LogP contribution < -0.4 is 4.74 Å². The number of hydrogen-bond acceptors (Lipinski definition) is 4. The molecule has 0 fully saturated rings. The Hall–Kier alpha value is -1.13. The molecule has 0 aromatic carbocycles. The Morgan fingerprint density at radius 2 is 2.11 bits per heavy atom. The van der Waals surface area contributed by atoms with E-state index in [1.807, 2.05) is 0 Å². The molecule has 0 bridgehead atoms. The van der Waals surface area contributed by atoms with Crippen LogP contribution in [0, 0.1) is 3.57 Å². The predicted molar refractivity (Wildman–Crippen MR) is 59.8 cm³/mol. The molecule has 0 unspecified atom stereocenters. The summed E-state index contributed by atoms with van der Waals surface area (Å²) in [6.07, 6.45) is -4.98. The van der Waals surface area contributed by atoms with Gasteiger partial charge in [-0.2, -0.15) is 0 Å². The van der Waals surface area contributed by atoms with E-state index in [-0.39, 0.29) is 9.13 Å². The van der Waals surface area contributed by atoms with Crippen LogP contribution >= 0.6 is 22.6 Å². The van der Waals surface area contributed by atoms with Crippen LogP contribution in [0.15, 0.2) is 6.07 Å². The zero-order chi connectivity index (χ0) is 13.9. The number of nitrogens with zero attached hydrogens (tertiary/aromatic N) is 1. The number of carbonyl (C=O) groups is 1. The monoisotopic (exact) mass is 379 g/mol. The van der Waals surface area contributed by atoms with E-state index in [2.05, 4.69) is 14.5 Å². The van der Waals surface area contributed by atoms with Gasteiger partial charge in [-0.05, 0) is 28.7 Å². The molecule has 18 heavy (non-hydrogen) atoms. The van der Waals surface area contributed by atoms with Gasteiger partial charge in [-0.1, -0.05) is 0 Å². The number of hydrogen-bond donors (Lipinski definition) is 0.